The Morgan fingerprint density at radius 3 is 2.40 bits per heavy atom. The molecule has 1 N–H and O–H groups in total. The van der Waals surface area contributed by atoms with Crippen LogP contribution in [0.3, 0.4) is 0 Å². The molecular formula is C29H25F5N4O5S2. The lowest BCUT2D eigenvalue weighted by Crippen LogP contribution is -2.32. The molecule has 0 amide bonds. The summed E-state index contributed by atoms with van der Waals surface area (Å²) in [6, 6.07) is 11.1. The highest BCUT2D eigenvalue weighted by Gasteiger charge is 2.50. The molecule has 0 bridgehead atoms. The number of alkyl halides is 5. The molecule has 5 aromatic rings. The molecule has 0 unspecified atom stereocenters. The zero-order valence-electron chi connectivity index (χ0n) is 23.5. The number of aromatic nitrogens is 3. The van der Waals surface area contributed by atoms with E-state index in [1.165, 1.54) is 23.8 Å². The zero-order valence-corrected chi connectivity index (χ0v) is 25.2. The van der Waals surface area contributed by atoms with E-state index in [-0.39, 0.29) is 33.0 Å². The van der Waals surface area contributed by atoms with Gasteiger partial charge in [-0.2, -0.15) is 21.6 Å². The van der Waals surface area contributed by atoms with Crippen LogP contribution in [-0.4, -0.2) is 60.7 Å². The van der Waals surface area contributed by atoms with Crippen molar-refractivity contribution in [1.29, 1.82) is 0 Å². The molecular weight excluding hydrogens is 643 g/mol. The third-order valence-electron chi connectivity index (χ3n) is 7.53. The Balaban J connectivity index is 1.69. The number of fused-ring (bicyclic) bond motifs is 3. The van der Waals surface area contributed by atoms with Gasteiger partial charge in [0, 0.05) is 0 Å². The minimum absolute atomic E-state index is 0.00973. The van der Waals surface area contributed by atoms with Crippen LogP contribution in [0.4, 0.5) is 27.6 Å². The molecule has 0 saturated heterocycles. The molecule has 16 heteroatoms. The third kappa shape index (κ3) is 5.55. The number of ether oxygens (including phenoxy) is 2. The van der Waals surface area contributed by atoms with Gasteiger partial charge in [0.25, 0.3) is 12.0 Å². The number of hydrogen-bond acceptors (Lipinski definition) is 8. The second-order valence-electron chi connectivity index (χ2n) is 10.3. The van der Waals surface area contributed by atoms with Crippen molar-refractivity contribution in [3.8, 4) is 17.1 Å². The van der Waals surface area contributed by atoms with Gasteiger partial charge in [-0.25, -0.2) is 17.7 Å². The Labute approximate surface area is 256 Å². The number of nitrogens with one attached hydrogen (secondary N) is 1. The van der Waals surface area contributed by atoms with E-state index < -0.39 is 51.0 Å². The van der Waals surface area contributed by atoms with Crippen molar-refractivity contribution in [3.63, 3.8) is 0 Å². The summed E-state index contributed by atoms with van der Waals surface area (Å²) in [5, 5.41) is 4.09. The second-order valence-corrected chi connectivity index (χ2v) is 13.0. The molecule has 45 heavy (non-hydrogen) atoms. The van der Waals surface area contributed by atoms with Gasteiger partial charge in [0.1, 0.15) is 11.3 Å². The first-order chi connectivity index (χ1) is 21.4. The highest BCUT2D eigenvalue weighted by molar-refractivity contribution is 7.91. The molecule has 2 aromatic carbocycles. The molecule has 4 heterocycles. The van der Waals surface area contributed by atoms with E-state index in [1.54, 1.807) is 35.7 Å². The summed E-state index contributed by atoms with van der Waals surface area (Å²) < 4.78 is 108. The Morgan fingerprint density at radius 1 is 1.07 bits per heavy atom. The fourth-order valence-corrected chi connectivity index (χ4v) is 7.31. The maximum absolute atomic E-state index is 14.4. The average Bonchev–Trinajstić information content (AvgIpc) is 3.55. The van der Waals surface area contributed by atoms with Gasteiger partial charge >= 0.3 is 15.5 Å². The first-order valence-corrected chi connectivity index (χ1v) is 16.0. The average molecular weight is 669 g/mol. The number of hydrogen-bond donors (Lipinski definition) is 1. The molecule has 0 atom stereocenters. The van der Waals surface area contributed by atoms with Crippen molar-refractivity contribution in [3.05, 3.63) is 74.9 Å². The molecule has 9 nitrogen and oxygen atoms in total. The van der Waals surface area contributed by atoms with Gasteiger partial charge in [0.15, 0.2) is 5.82 Å². The lowest BCUT2D eigenvalue weighted by atomic mass is 10.0. The summed E-state index contributed by atoms with van der Waals surface area (Å²) in [4.78, 5) is 18.7. The maximum atomic E-state index is 14.4. The topological polar surface area (TPSA) is 104 Å². The number of nitrogens with zero attached hydrogens (tertiary/aromatic N) is 3. The van der Waals surface area contributed by atoms with Crippen LogP contribution in [0.5, 0.6) is 5.75 Å². The van der Waals surface area contributed by atoms with E-state index >= 15 is 0 Å². The lowest BCUT2D eigenvalue weighted by Gasteiger charge is -2.18. The number of methoxy groups -OCH3 is 1. The number of thiophene rings is 1. The SMILES string of the molecule is COc1ccc(Cn2c(=O)c(-c3nc4cc5c(cc4n3S(=O)(=O)C(F)(F)F)CCOCC5)c(NCC(F)F)c3sccc32)cc1. The fourth-order valence-electron chi connectivity index (χ4n) is 5.42. The Hall–Kier alpha value is -4.02. The fraction of sp³-hybridized carbons (Fsp3) is 0.310. The van der Waals surface area contributed by atoms with Crippen LogP contribution >= 0.6 is 11.3 Å². The second kappa shape index (κ2) is 11.7. The van der Waals surface area contributed by atoms with E-state index in [4.69, 9.17) is 9.47 Å². The molecule has 0 aliphatic carbocycles. The van der Waals surface area contributed by atoms with Gasteiger partial charge in [0.05, 0.1) is 60.4 Å². The summed E-state index contributed by atoms with van der Waals surface area (Å²) in [6.45, 7) is -0.403. The van der Waals surface area contributed by atoms with Gasteiger partial charge in [-0.05, 0) is 65.2 Å². The van der Waals surface area contributed by atoms with Crippen LogP contribution in [-0.2, 0) is 34.1 Å². The van der Waals surface area contributed by atoms with Gasteiger partial charge in [-0.1, -0.05) is 12.1 Å². The van der Waals surface area contributed by atoms with Crippen molar-refractivity contribution >= 4 is 48.3 Å². The zero-order chi connectivity index (χ0) is 32.1. The molecule has 0 fully saturated rings. The number of anilines is 1. The Morgan fingerprint density at radius 2 is 1.76 bits per heavy atom. The quantitative estimate of drug-likeness (QED) is 0.214. The smallest absolute Gasteiger partial charge is 0.497 e. The van der Waals surface area contributed by atoms with Gasteiger partial charge in [0.2, 0.25) is 0 Å². The van der Waals surface area contributed by atoms with E-state index in [9.17, 15) is 35.2 Å². The van der Waals surface area contributed by atoms with Gasteiger partial charge < -0.3 is 19.4 Å². The van der Waals surface area contributed by atoms with Crippen molar-refractivity contribution in [1.82, 2.24) is 13.5 Å². The van der Waals surface area contributed by atoms with Gasteiger partial charge in [-0.3, -0.25) is 4.79 Å². The summed E-state index contributed by atoms with van der Waals surface area (Å²) >= 11 is 1.05. The number of benzene rings is 2. The standard InChI is InChI=1S/C29H25F5N4O5S2/c1-42-19-4-2-16(3-5-19)15-37-21-8-11-44-26(21)25(35-14-23(30)31)24(28(37)39)27-36-20-12-17-6-9-43-10-7-18(17)13-22(20)38(27)45(40,41)29(32,33)34/h2-5,8,11-13,23,35H,6-7,9-10,14-15H2,1H3. The van der Waals surface area contributed by atoms with Crippen LogP contribution in [0.25, 0.3) is 32.6 Å². The molecule has 1 aliphatic rings. The maximum Gasteiger partial charge on any atom is 0.517 e. The normalized spacial score (nSPS) is 14.2. The summed E-state index contributed by atoms with van der Waals surface area (Å²) in [7, 11) is -4.69. The van der Waals surface area contributed by atoms with E-state index in [0.717, 1.165) is 11.3 Å². The minimum atomic E-state index is -6.17. The molecule has 238 valence electrons. The highest BCUT2D eigenvalue weighted by Crippen LogP contribution is 2.40. The van der Waals surface area contributed by atoms with Gasteiger partial charge in [-0.15, -0.1) is 11.3 Å². The summed E-state index contributed by atoms with van der Waals surface area (Å²) in [5.74, 6) is -0.283. The summed E-state index contributed by atoms with van der Waals surface area (Å²) in [6.07, 6.45) is -2.17. The van der Waals surface area contributed by atoms with Crippen LogP contribution < -0.4 is 15.6 Å². The molecule has 6 rings (SSSR count). The first kappa shape index (κ1) is 31.0. The first-order valence-electron chi connectivity index (χ1n) is 13.6. The minimum Gasteiger partial charge on any atom is -0.497 e. The Bertz CT molecular complexity index is 2070. The molecule has 3 aromatic heterocycles. The Kier molecular flexibility index (Phi) is 8.07. The number of halogens is 5. The molecule has 0 radical (unpaired) electrons. The third-order valence-corrected chi connectivity index (χ3v) is 9.88. The number of rotatable bonds is 8. The van der Waals surface area contributed by atoms with Crippen LogP contribution in [0.15, 0.2) is 52.6 Å². The van der Waals surface area contributed by atoms with Crippen LogP contribution in [0.2, 0.25) is 0 Å². The van der Waals surface area contributed by atoms with Crippen molar-refractivity contribution in [2.24, 2.45) is 0 Å². The molecule has 0 spiro atoms. The highest BCUT2D eigenvalue weighted by atomic mass is 32.2. The largest absolute Gasteiger partial charge is 0.517 e. The van der Waals surface area contributed by atoms with E-state index in [1.807, 2.05) is 0 Å². The van der Waals surface area contributed by atoms with Crippen molar-refractivity contribution in [2.45, 2.75) is 31.3 Å². The lowest BCUT2D eigenvalue weighted by molar-refractivity contribution is -0.0444. The van der Waals surface area contributed by atoms with Crippen LogP contribution in [0.1, 0.15) is 16.7 Å². The van der Waals surface area contributed by atoms with E-state index in [0.29, 0.717) is 47.4 Å². The summed E-state index contributed by atoms with van der Waals surface area (Å²) in [5.41, 5.74) is -5.80. The molecule has 1 aliphatic heterocycles. The predicted octanol–water partition coefficient (Wildman–Crippen LogP) is 5.63. The number of pyridine rings is 1. The number of imidazole rings is 1. The van der Waals surface area contributed by atoms with E-state index in [2.05, 4.69) is 10.3 Å². The monoisotopic (exact) mass is 668 g/mol. The van der Waals surface area contributed by atoms with Crippen molar-refractivity contribution < 1.29 is 39.8 Å². The van der Waals surface area contributed by atoms with Crippen molar-refractivity contribution in [2.75, 3.05) is 32.2 Å². The predicted molar refractivity (Wildman–Crippen MR) is 160 cm³/mol. The molecule has 0 saturated carbocycles. The van der Waals surface area contributed by atoms with Crippen LogP contribution in [0, 0.1) is 0 Å².